The summed E-state index contributed by atoms with van der Waals surface area (Å²) in [5.74, 6) is 2.17. The van der Waals surface area contributed by atoms with Crippen LogP contribution in [0.3, 0.4) is 0 Å². The molecule has 2 unspecified atom stereocenters. The van der Waals surface area contributed by atoms with Gasteiger partial charge in [0.25, 0.3) is 0 Å². The third kappa shape index (κ3) is 2.74. The highest BCUT2D eigenvalue weighted by molar-refractivity contribution is 6.15. The van der Waals surface area contributed by atoms with Gasteiger partial charge in [-0.15, -0.1) is 0 Å². The monoisotopic (exact) mass is 415 g/mol. The van der Waals surface area contributed by atoms with Gasteiger partial charge in [0.1, 0.15) is 5.41 Å². The first-order valence-corrected chi connectivity index (χ1v) is 12.2. The minimum absolute atomic E-state index is 0.0174. The number of Topliss-reactive ketones (excluding diaryl/α,β-unsaturated/α-hetero) is 1. The Bertz CT molecular complexity index is 757. The van der Waals surface area contributed by atoms with Crippen molar-refractivity contribution < 1.29 is 14.7 Å². The Balaban J connectivity index is 1.80. The molecule has 4 rings (SSSR count). The Labute approximate surface area is 182 Å². The van der Waals surface area contributed by atoms with Gasteiger partial charge >= 0.3 is 0 Å². The molecule has 0 radical (unpaired) electrons. The number of rotatable bonds is 2. The van der Waals surface area contributed by atoms with E-state index < -0.39 is 11.0 Å². The normalized spacial score (nSPS) is 51.8. The van der Waals surface area contributed by atoms with Gasteiger partial charge in [0.05, 0.1) is 11.6 Å². The third-order valence-electron chi connectivity index (χ3n) is 9.98. The largest absolute Gasteiger partial charge is 0.389 e. The SMILES string of the molecule is CCC(C)[C@@H]1C(=O)C2(C[C@@H]3[C@@H]4[C@H](C)C[C@H](C)C[C@@H]4C=C[C@@H]3[C@](C)(O)[C@H]2C)C(=O)N1C. The second-order valence-corrected chi connectivity index (χ2v) is 11.6. The molecule has 0 aromatic heterocycles. The van der Waals surface area contributed by atoms with Gasteiger partial charge in [0, 0.05) is 18.9 Å². The molecular formula is C26H41NO3. The van der Waals surface area contributed by atoms with E-state index in [0.29, 0.717) is 30.1 Å². The molecule has 30 heavy (non-hydrogen) atoms. The topological polar surface area (TPSA) is 57.6 Å². The molecule has 4 aliphatic rings. The van der Waals surface area contributed by atoms with Gasteiger partial charge in [-0.2, -0.15) is 0 Å². The number of hydrogen-bond acceptors (Lipinski definition) is 3. The molecule has 2 saturated carbocycles. The van der Waals surface area contributed by atoms with Crippen molar-refractivity contribution in [3.63, 3.8) is 0 Å². The van der Waals surface area contributed by atoms with Crippen LogP contribution in [0.25, 0.3) is 0 Å². The number of allylic oxidation sites excluding steroid dienone is 1. The van der Waals surface area contributed by atoms with E-state index in [1.54, 1.807) is 11.9 Å². The summed E-state index contributed by atoms with van der Waals surface area (Å²) in [6.07, 6.45) is 8.43. The quantitative estimate of drug-likeness (QED) is 0.540. The number of fused-ring (bicyclic) bond motifs is 3. The molecule has 3 fully saturated rings. The predicted octanol–water partition coefficient (Wildman–Crippen LogP) is 4.32. The number of amides is 1. The summed E-state index contributed by atoms with van der Waals surface area (Å²) in [6, 6.07) is -0.365. The summed E-state index contributed by atoms with van der Waals surface area (Å²) in [7, 11) is 1.80. The van der Waals surface area contributed by atoms with Gasteiger partial charge in [-0.05, 0) is 61.7 Å². The van der Waals surface area contributed by atoms with E-state index in [-0.39, 0.29) is 41.4 Å². The lowest BCUT2D eigenvalue weighted by atomic mass is 9.45. The fraction of sp³-hybridized carbons (Fsp3) is 0.846. The molecule has 1 heterocycles. The molecule has 168 valence electrons. The lowest BCUT2D eigenvalue weighted by Gasteiger charge is -2.59. The van der Waals surface area contributed by atoms with Gasteiger partial charge in [-0.1, -0.05) is 53.2 Å². The molecule has 4 heteroatoms. The first-order chi connectivity index (χ1) is 14.0. The van der Waals surface area contributed by atoms with E-state index in [1.807, 2.05) is 13.8 Å². The van der Waals surface area contributed by atoms with E-state index in [2.05, 4.69) is 39.8 Å². The van der Waals surface area contributed by atoms with Gasteiger partial charge < -0.3 is 10.0 Å². The van der Waals surface area contributed by atoms with Gasteiger partial charge in [-0.25, -0.2) is 0 Å². The first-order valence-electron chi connectivity index (χ1n) is 12.2. The average Bonchev–Trinajstić information content (AvgIpc) is 2.86. The Morgan fingerprint density at radius 3 is 2.50 bits per heavy atom. The van der Waals surface area contributed by atoms with Crippen LogP contribution in [0.4, 0.5) is 0 Å². The zero-order chi connectivity index (χ0) is 22.2. The first kappa shape index (κ1) is 22.0. The molecule has 0 aromatic rings. The van der Waals surface area contributed by atoms with E-state index >= 15 is 0 Å². The number of nitrogens with zero attached hydrogens (tertiary/aromatic N) is 1. The van der Waals surface area contributed by atoms with Crippen LogP contribution >= 0.6 is 0 Å². The molecule has 0 bridgehead atoms. The van der Waals surface area contributed by atoms with Crippen molar-refractivity contribution in [2.24, 2.45) is 52.8 Å². The van der Waals surface area contributed by atoms with Gasteiger partial charge in [0.2, 0.25) is 5.91 Å². The van der Waals surface area contributed by atoms with Crippen LogP contribution in [-0.2, 0) is 9.59 Å². The number of likely N-dealkylation sites (tertiary alicyclic amines) is 1. The van der Waals surface area contributed by atoms with E-state index in [9.17, 15) is 14.7 Å². The maximum absolute atomic E-state index is 14.0. The highest BCUT2D eigenvalue weighted by Crippen LogP contribution is 2.62. The number of ketones is 1. The van der Waals surface area contributed by atoms with Crippen LogP contribution in [0.5, 0.6) is 0 Å². The molecule has 1 saturated heterocycles. The van der Waals surface area contributed by atoms with Crippen molar-refractivity contribution >= 4 is 11.7 Å². The van der Waals surface area contributed by atoms with Crippen molar-refractivity contribution in [2.75, 3.05) is 7.05 Å². The maximum Gasteiger partial charge on any atom is 0.237 e. The smallest absolute Gasteiger partial charge is 0.237 e. The molecule has 1 amide bonds. The summed E-state index contributed by atoms with van der Waals surface area (Å²) < 4.78 is 0. The minimum Gasteiger partial charge on any atom is -0.389 e. The highest BCUT2D eigenvalue weighted by Gasteiger charge is 2.70. The standard InChI is InChI=1S/C26H41NO3/c1-8-15(3)22-23(28)26(24(29)27(22)7)13-19-20(25(6,30)17(26)5)10-9-18-12-14(2)11-16(4)21(18)19/h9-10,14-22,30H,8,11-13H2,1-7H3/t14-,15?,16+,17+,18-,19-,20-,21+,22+,25+,26?/m0/s1. The molecule has 11 atom stereocenters. The number of carbonyl (C=O) groups is 2. The van der Waals surface area contributed by atoms with Crippen LogP contribution in [0.2, 0.25) is 0 Å². The lowest BCUT2D eigenvalue weighted by Crippen LogP contribution is -2.63. The zero-order valence-corrected chi connectivity index (χ0v) is 19.9. The Kier molecular flexibility index (Phi) is 5.28. The number of hydrogen-bond donors (Lipinski definition) is 1. The number of carbonyl (C=O) groups excluding carboxylic acids is 2. The predicted molar refractivity (Wildman–Crippen MR) is 119 cm³/mol. The average molecular weight is 416 g/mol. The number of likely N-dealkylation sites (N-methyl/N-ethyl adjacent to an activating group) is 1. The van der Waals surface area contributed by atoms with E-state index in [1.165, 1.54) is 12.8 Å². The van der Waals surface area contributed by atoms with Crippen molar-refractivity contribution in [3.8, 4) is 0 Å². The van der Waals surface area contributed by atoms with Gasteiger partial charge in [0.15, 0.2) is 5.78 Å². The summed E-state index contributed by atoms with van der Waals surface area (Å²) in [5.41, 5.74) is -2.14. The molecule has 3 aliphatic carbocycles. The van der Waals surface area contributed by atoms with E-state index in [4.69, 9.17) is 0 Å². The van der Waals surface area contributed by atoms with Crippen LogP contribution in [0.1, 0.15) is 67.2 Å². The van der Waals surface area contributed by atoms with Crippen LogP contribution < -0.4 is 0 Å². The fourth-order valence-electron chi connectivity index (χ4n) is 8.19. The van der Waals surface area contributed by atoms with Crippen molar-refractivity contribution in [3.05, 3.63) is 12.2 Å². The Morgan fingerprint density at radius 1 is 1.20 bits per heavy atom. The lowest BCUT2D eigenvalue weighted by molar-refractivity contribution is -0.181. The summed E-state index contributed by atoms with van der Waals surface area (Å²) in [4.78, 5) is 29.5. The third-order valence-corrected chi connectivity index (χ3v) is 9.98. The molecule has 1 aliphatic heterocycles. The van der Waals surface area contributed by atoms with Crippen molar-refractivity contribution in [2.45, 2.75) is 78.9 Å². The molecule has 0 aromatic carbocycles. The van der Waals surface area contributed by atoms with Gasteiger partial charge in [-0.3, -0.25) is 9.59 Å². The molecule has 1 N–H and O–H groups in total. The second kappa shape index (κ2) is 7.18. The number of aliphatic hydroxyl groups is 1. The van der Waals surface area contributed by atoms with Crippen LogP contribution in [0, 0.1) is 52.8 Å². The Morgan fingerprint density at radius 2 is 1.87 bits per heavy atom. The maximum atomic E-state index is 14.0. The van der Waals surface area contributed by atoms with Crippen LogP contribution in [0.15, 0.2) is 12.2 Å². The Hall–Kier alpha value is -1.16. The van der Waals surface area contributed by atoms with Crippen LogP contribution in [-0.4, -0.2) is 40.4 Å². The molecule has 4 nitrogen and oxygen atoms in total. The highest BCUT2D eigenvalue weighted by atomic mass is 16.3. The van der Waals surface area contributed by atoms with Crippen molar-refractivity contribution in [1.29, 1.82) is 0 Å². The molecule has 1 spiro atoms. The summed E-state index contributed by atoms with van der Waals surface area (Å²) >= 11 is 0. The fourth-order valence-corrected chi connectivity index (χ4v) is 8.19. The summed E-state index contributed by atoms with van der Waals surface area (Å²) in [5, 5.41) is 11.8. The van der Waals surface area contributed by atoms with E-state index in [0.717, 1.165) is 6.42 Å². The van der Waals surface area contributed by atoms with Crippen molar-refractivity contribution in [1.82, 2.24) is 4.90 Å². The zero-order valence-electron chi connectivity index (χ0n) is 19.9. The minimum atomic E-state index is -1.08. The summed E-state index contributed by atoms with van der Waals surface area (Å²) in [6.45, 7) is 12.7. The molecular weight excluding hydrogens is 374 g/mol. The second-order valence-electron chi connectivity index (χ2n) is 11.6.